The summed E-state index contributed by atoms with van der Waals surface area (Å²) in [5, 5.41) is 1.80. The van der Waals surface area contributed by atoms with Gasteiger partial charge in [0.1, 0.15) is 5.75 Å². The molecule has 1 heterocycles. The minimum atomic E-state index is -3.67. The van der Waals surface area contributed by atoms with Gasteiger partial charge >= 0.3 is 0 Å². The topological polar surface area (TPSA) is 72.5 Å². The molecule has 1 aromatic carbocycles. The van der Waals surface area contributed by atoms with Crippen molar-refractivity contribution in [1.29, 1.82) is 0 Å². The van der Waals surface area contributed by atoms with Gasteiger partial charge in [0.15, 0.2) is 5.78 Å². The first-order valence-corrected chi connectivity index (χ1v) is 8.64. The molecule has 0 amide bonds. The van der Waals surface area contributed by atoms with Crippen molar-refractivity contribution in [3.63, 3.8) is 0 Å². The van der Waals surface area contributed by atoms with Crippen LogP contribution < -0.4 is 9.46 Å². The second-order valence-corrected chi connectivity index (χ2v) is 7.31. The van der Waals surface area contributed by atoms with E-state index >= 15 is 0 Å². The molecule has 0 saturated carbocycles. The maximum atomic E-state index is 12.4. The Balaban J connectivity index is 1.85. The third-order valence-electron chi connectivity index (χ3n) is 3.38. The zero-order valence-electron chi connectivity index (χ0n) is 11.2. The van der Waals surface area contributed by atoms with Gasteiger partial charge in [0.25, 0.3) is 0 Å². The van der Waals surface area contributed by atoms with Crippen molar-refractivity contribution < 1.29 is 17.9 Å². The molecule has 1 N–H and O–H groups in total. The highest BCUT2D eigenvalue weighted by molar-refractivity contribution is 7.89. The molecule has 0 saturated heterocycles. The van der Waals surface area contributed by atoms with E-state index in [9.17, 15) is 13.2 Å². The average Bonchev–Trinajstić information content (AvgIpc) is 3.05. The lowest BCUT2D eigenvalue weighted by molar-refractivity contribution is 0.0991. The molecule has 5 nitrogen and oxygen atoms in total. The summed E-state index contributed by atoms with van der Waals surface area (Å²) < 4.78 is 32.3. The van der Waals surface area contributed by atoms with Crippen LogP contribution in [0.2, 0.25) is 0 Å². The Hall–Kier alpha value is -1.70. The summed E-state index contributed by atoms with van der Waals surface area (Å²) in [4.78, 5) is 12.6. The van der Waals surface area contributed by atoms with Crippen LogP contribution in [0.1, 0.15) is 27.7 Å². The summed E-state index contributed by atoms with van der Waals surface area (Å²) in [5.41, 5.74) is 0.766. The van der Waals surface area contributed by atoms with Gasteiger partial charge < -0.3 is 4.74 Å². The van der Waals surface area contributed by atoms with Crippen molar-refractivity contribution in [2.45, 2.75) is 17.4 Å². The molecule has 21 heavy (non-hydrogen) atoms. The molecule has 1 aromatic heterocycles. The zero-order valence-corrected chi connectivity index (χ0v) is 12.8. The van der Waals surface area contributed by atoms with Crippen LogP contribution in [0, 0.1) is 0 Å². The molecule has 0 unspecified atom stereocenters. The van der Waals surface area contributed by atoms with Gasteiger partial charge in [-0.15, -0.1) is 11.3 Å². The Kier molecular flexibility index (Phi) is 3.56. The number of nitrogens with one attached hydrogen (secondary N) is 1. The Morgan fingerprint density at radius 1 is 1.24 bits per heavy atom. The summed E-state index contributed by atoms with van der Waals surface area (Å²) >= 11 is 1.35. The van der Waals surface area contributed by atoms with E-state index in [0.717, 1.165) is 5.56 Å². The van der Waals surface area contributed by atoms with Crippen molar-refractivity contribution in [2.75, 3.05) is 7.11 Å². The van der Waals surface area contributed by atoms with Crippen LogP contribution in [0.25, 0.3) is 0 Å². The molecule has 0 radical (unpaired) electrons. The molecule has 1 aliphatic carbocycles. The number of carbonyl (C=O) groups excluding carboxylic acids is 1. The van der Waals surface area contributed by atoms with Crippen LogP contribution in [0.4, 0.5) is 0 Å². The standard InChI is InChI=1S/C14H13NO4S2/c1-19-9-2-4-10(5-3-9)21(17,18)15-12-8-13(16)14-11(12)6-7-20-14/h2-7,12,15H,8H2,1H3/t12-/m1/s1. The summed E-state index contributed by atoms with van der Waals surface area (Å²) in [6, 6.07) is 7.45. The number of thiophene rings is 1. The second kappa shape index (κ2) is 5.25. The van der Waals surface area contributed by atoms with Crippen molar-refractivity contribution in [3.8, 4) is 5.75 Å². The van der Waals surface area contributed by atoms with Gasteiger partial charge in [0.2, 0.25) is 10.0 Å². The number of rotatable bonds is 4. The molecule has 0 aliphatic heterocycles. The first-order chi connectivity index (χ1) is 10.0. The normalized spacial score (nSPS) is 17.8. The first kappa shape index (κ1) is 14.2. The highest BCUT2D eigenvalue weighted by Crippen LogP contribution is 2.35. The van der Waals surface area contributed by atoms with Gasteiger partial charge in [-0.1, -0.05) is 0 Å². The van der Waals surface area contributed by atoms with E-state index in [-0.39, 0.29) is 17.1 Å². The van der Waals surface area contributed by atoms with Crippen LogP contribution in [-0.2, 0) is 10.0 Å². The van der Waals surface area contributed by atoms with Crippen LogP contribution in [0.5, 0.6) is 5.75 Å². The van der Waals surface area contributed by atoms with Crippen LogP contribution >= 0.6 is 11.3 Å². The third kappa shape index (κ3) is 2.59. The number of fused-ring (bicyclic) bond motifs is 1. The number of benzene rings is 1. The minimum Gasteiger partial charge on any atom is -0.497 e. The number of ether oxygens (including phenoxy) is 1. The molecule has 1 aliphatic rings. The van der Waals surface area contributed by atoms with E-state index in [1.54, 1.807) is 23.6 Å². The second-order valence-electron chi connectivity index (χ2n) is 4.68. The number of ketones is 1. The monoisotopic (exact) mass is 323 g/mol. The number of methoxy groups -OCH3 is 1. The Morgan fingerprint density at radius 3 is 2.62 bits per heavy atom. The fourth-order valence-corrected chi connectivity index (χ4v) is 4.45. The number of sulfonamides is 1. The maximum absolute atomic E-state index is 12.4. The van der Waals surface area contributed by atoms with E-state index in [4.69, 9.17) is 4.74 Å². The smallest absolute Gasteiger partial charge is 0.241 e. The zero-order chi connectivity index (χ0) is 15.0. The molecular weight excluding hydrogens is 310 g/mol. The Morgan fingerprint density at radius 2 is 1.95 bits per heavy atom. The molecule has 7 heteroatoms. The molecular formula is C14H13NO4S2. The number of carbonyl (C=O) groups is 1. The van der Waals surface area contributed by atoms with Crippen molar-refractivity contribution in [3.05, 3.63) is 46.2 Å². The molecule has 0 spiro atoms. The van der Waals surface area contributed by atoms with Gasteiger partial charge in [0.05, 0.1) is 22.9 Å². The largest absolute Gasteiger partial charge is 0.497 e. The number of Topliss-reactive ketones (excluding diaryl/α,β-unsaturated/α-hetero) is 1. The number of hydrogen-bond donors (Lipinski definition) is 1. The van der Waals surface area contributed by atoms with Crippen LogP contribution in [0.15, 0.2) is 40.6 Å². The first-order valence-electron chi connectivity index (χ1n) is 6.28. The molecule has 1 atom stereocenters. The van der Waals surface area contributed by atoms with Crippen molar-refractivity contribution in [1.82, 2.24) is 4.72 Å². The summed E-state index contributed by atoms with van der Waals surface area (Å²) in [6.07, 6.45) is 0.178. The van der Waals surface area contributed by atoms with E-state index in [2.05, 4.69) is 4.72 Å². The summed E-state index contributed by atoms with van der Waals surface area (Å²) in [6.45, 7) is 0. The highest BCUT2D eigenvalue weighted by Gasteiger charge is 2.33. The third-order valence-corrected chi connectivity index (χ3v) is 5.84. The predicted molar refractivity (Wildman–Crippen MR) is 79.3 cm³/mol. The average molecular weight is 323 g/mol. The lowest BCUT2D eigenvalue weighted by Crippen LogP contribution is -2.27. The van der Waals surface area contributed by atoms with Gasteiger partial charge in [-0.3, -0.25) is 4.79 Å². The molecule has 2 aromatic rings. The van der Waals surface area contributed by atoms with Gasteiger partial charge in [-0.2, -0.15) is 0 Å². The minimum absolute atomic E-state index is 0.0116. The fourth-order valence-electron chi connectivity index (χ4n) is 2.32. The molecule has 110 valence electrons. The van der Waals surface area contributed by atoms with Gasteiger partial charge in [-0.05, 0) is 41.3 Å². The van der Waals surface area contributed by atoms with Gasteiger partial charge in [-0.25, -0.2) is 13.1 Å². The van der Waals surface area contributed by atoms with Crippen LogP contribution in [-0.4, -0.2) is 21.3 Å². The molecule has 3 rings (SSSR count). The molecule has 0 bridgehead atoms. The van der Waals surface area contributed by atoms with Crippen molar-refractivity contribution >= 4 is 27.1 Å². The lowest BCUT2D eigenvalue weighted by Gasteiger charge is -2.13. The maximum Gasteiger partial charge on any atom is 0.241 e. The predicted octanol–water partition coefficient (Wildman–Crippen LogP) is 2.36. The van der Waals surface area contributed by atoms with Crippen molar-refractivity contribution in [2.24, 2.45) is 0 Å². The SMILES string of the molecule is COc1ccc(S(=O)(=O)N[C@@H]2CC(=O)c3sccc32)cc1. The number of hydrogen-bond acceptors (Lipinski definition) is 5. The van der Waals surface area contributed by atoms with E-state index < -0.39 is 16.1 Å². The molecule has 0 fully saturated rings. The fraction of sp³-hybridized carbons (Fsp3) is 0.214. The quantitative estimate of drug-likeness (QED) is 0.937. The van der Waals surface area contributed by atoms with E-state index in [0.29, 0.717) is 10.6 Å². The summed E-state index contributed by atoms with van der Waals surface area (Å²) in [7, 11) is -2.15. The summed E-state index contributed by atoms with van der Waals surface area (Å²) in [5.74, 6) is 0.576. The Bertz CT molecular complexity index is 778. The van der Waals surface area contributed by atoms with Gasteiger partial charge in [0, 0.05) is 6.42 Å². The van der Waals surface area contributed by atoms with E-state index in [1.165, 1.54) is 30.6 Å². The Labute approximate surface area is 126 Å². The highest BCUT2D eigenvalue weighted by atomic mass is 32.2. The van der Waals surface area contributed by atoms with E-state index in [1.807, 2.05) is 0 Å². The van der Waals surface area contributed by atoms with Crippen LogP contribution in [0.3, 0.4) is 0 Å². The lowest BCUT2D eigenvalue weighted by atomic mass is 10.2.